The number of ether oxygens (including phenoxy) is 15. The van der Waals surface area contributed by atoms with E-state index in [4.69, 9.17) is 71.1 Å². The Balaban J connectivity index is 0.000000175. The van der Waals surface area contributed by atoms with E-state index in [1.165, 1.54) is 172 Å². The number of hydrogen-bond donors (Lipinski definition) is 3. The number of carbonyl (C=O) groups excluding carboxylic acids is 9. The Morgan fingerprint density at radius 3 is 0.761 bits per heavy atom. The summed E-state index contributed by atoms with van der Waals surface area (Å²) in [5.41, 5.74) is -2.15. The van der Waals surface area contributed by atoms with E-state index in [9.17, 15) is 84.8 Å². The molecule has 12 aromatic heterocycles. The molecule has 3 aliphatic heterocycles. The van der Waals surface area contributed by atoms with Gasteiger partial charge in [0.25, 0.3) is 0 Å². The van der Waals surface area contributed by atoms with Crippen molar-refractivity contribution in [1.29, 1.82) is 0 Å². The predicted molar refractivity (Wildman–Crippen MR) is 451 cm³/mol. The average Bonchev–Trinajstić information content (AvgIpc) is 1.62. The van der Waals surface area contributed by atoms with Crippen LogP contribution in [-0.2, 0) is 71.1 Å². The molecule has 45 heteroatoms. The van der Waals surface area contributed by atoms with Gasteiger partial charge >= 0.3 is 53.7 Å². The van der Waals surface area contributed by atoms with Gasteiger partial charge in [-0.3, -0.25) is 29.9 Å². The summed E-state index contributed by atoms with van der Waals surface area (Å²) in [6.07, 6.45) is 7.70. The summed E-state index contributed by atoms with van der Waals surface area (Å²) < 4.78 is 169. The normalized spacial score (nSPS) is 20.4. The summed E-state index contributed by atoms with van der Waals surface area (Å²) in [5, 5.41) is 35.3. The molecule has 12 atom stereocenters. The van der Waals surface area contributed by atoms with Crippen LogP contribution in [0.5, 0.6) is 0 Å². The lowest BCUT2D eigenvalue weighted by atomic mass is 10.0. The quantitative estimate of drug-likeness (QED) is 0.0114. The van der Waals surface area contributed by atoms with E-state index >= 15 is 0 Å². The molecule has 15 rings (SSSR count). The minimum absolute atomic E-state index is 0.0138. The van der Waals surface area contributed by atoms with Gasteiger partial charge in [0.05, 0.1) is 27.8 Å². The van der Waals surface area contributed by atoms with Crippen molar-refractivity contribution in [2.45, 2.75) is 72.3 Å². The van der Waals surface area contributed by atoms with E-state index in [0.29, 0.717) is 11.1 Å². The molecule has 0 amide bonds. The lowest BCUT2D eigenvalue weighted by molar-refractivity contribution is -0.247. The Hall–Kier alpha value is -17.0. The number of aliphatic hydroxyl groups is 3. The van der Waals surface area contributed by atoms with Crippen molar-refractivity contribution >= 4 is 71.0 Å². The van der Waals surface area contributed by atoms with Crippen molar-refractivity contribution in [2.75, 3.05) is 39.6 Å². The molecule has 39 nitrogen and oxygen atoms in total. The van der Waals surface area contributed by atoms with Gasteiger partial charge in [-0.2, -0.15) is 26.3 Å². The second-order valence-corrected chi connectivity index (χ2v) is 29.0. The van der Waals surface area contributed by atoms with Crippen LogP contribution in [0.2, 0.25) is 0 Å². The van der Waals surface area contributed by atoms with Crippen LogP contribution in [0.3, 0.4) is 0 Å². The summed E-state index contributed by atoms with van der Waals surface area (Å²) in [6, 6.07) is 32.6. The van der Waals surface area contributed by atoms with Crippen LogP contribution in [0.15, 0.2) is 277 Å². The third-order valence-corrected chi connectivity index (χ3v) is 19.8. The monoisotopic (exact) mass is 1900 g/mol. The van der Waals surface area contributed by atoms with E-state index in [1.54, 1.807) is 24.3 Å². The Morgan fingerprint density at radius 1 is 0.268 bits per heavy atom. The molecule has 0 bridgehead atoms. The molecule has 3 N–H and O–H groups in total. The number of rotatable bonds is 33. The zero-order chi connectivity index (χ0) is 98.0. The second kappa shape index (κ2) is 45.6. The molecule has 12 aromatic rings. The maximum Gasteiger partial charge on any atom is 0.343 e. The minimum atomic E-state index is -2.64. The smallest absolute Gasteiger partial charge is 0.343 e. The molecule has 3 saturated heterocycles. The topological polar surface area (TPSA) is 507 Å². The minimum Gasteiger partial charge on any atom is -0.488 e. The van der Waals surface area contributed by atoms with Crippen molar-refractivity contribution < 1.29 is 156 Å². The Bertz CT molecular complexity index is 6400. The van der Waals surface area contributed by atoms with Crippen LogP contribution in [0.4, 0.5) is 26.3 Å². The van der Waals surface area contributed by atoms with Crippen LogP contribution in [0, 0.1) is 35.7 Å². The van der Waals surface area contributed by atoms with E-state index in [-0.39, 0.29) is 45.1 Å². The van der Waals surface area contributed by atoms with Gasteiger partial charge in [0.2, 0.25) is 53.0 Å². The number of pyridine rings is 12. The molecule has 3 aliphatic rings. The number of nitrogens with zero attached hydrogens (tertiary/aromatic N) is 12. The van der Waals surface area contributed by atoms with Gasteiger partial charge in [-0.1, -0.05) is 19.7 Å². The molecule has 138 heavy (non-hydrogen) atoms. The van der Waals surface area contributed by atoms with Crippen molar-refractivity contribution in [3.63, 3.8) is 0 Å². The van der Waals surface area contributed by atoms with Crippen molar-refractivity contribution in [3.05, 3.63) is 379 Å². The van der Waals surface area contributed by atoms with Gasteiger partial charge in [-0.05, 0) is 146 Å². The van der Waals surface area contributed by atoms with Crippen molar-refractivity contribution in [1.82, 2.24) is 59.8 Å². The van der Waals surface area contributed by atoms with Crippen LogP contribution in [0.1, 0.15) is 110 Å². The lowest BCUT2D eigenvalue weighted by Gasteiger charge is -2.30. The van der Waals surface area contributed by atoms with Gasteiger partial charge in [0.1, 0.15) is 103 Å². The SMILES string of the molecule is C=C(OC[C@@]1(O)O[C@H](COC(=O)c2cccnc2)[C@@H](OC(=O)c2cccnc2F)[C@@H]1OC(=O)c1cccnc1F)c1cccnc1.C=C(OC[C@@]1(O)O[C@H](COC(=O)c2cccnc2F)[C@@H](OC(=O)c2cccnc2)[C@@H]1OC(=O)c1cccnc1)c1cccnc1F.C=C(OC[C@@]1(O)O[C@H](COC(=O)c2cccnc2F)[C@@H](OC(=O)c2cccnc2)[C@@H]1OC(=O)c1cccnc1F)c1cccnc1. The molecular formula is C93H72F6N12O27. The van der Waals surface area contributed by atoms with E-state index in [2.05, 4.69) is 79.5 Å². The first-order chi connectivity index (χ1) is 66.5. The Morgan fingerprint density at radius 2 is 0.486 bits per heavy atom. The zero-order valence-corrected chi connectivity index (χ0v) is 71.1. The summed E-state index contributed by atoms with van der Waals surface area (Å²) >= 11 is 0. The van der Waals surface area contributed by atoms with Crippen LogP contribution < -0.4 is 0 Å². The lowest BCUT2D eigenvalue weighted by Crippen LogP contribution is -2.50. The summed E-state index contributed by atoms with van der Waals surface area (Å²) in [7, 11) is 0. The third kappa shape index (κ3) is 24.7. The number of hydrogen-bond acceptors (Lipinski definition) is 39. The Kier molecular flexibility index (Phi) is 32.6. The first-order valence-electron chi connectivity index (χ1n) is 40.5. The molecule has 15 heterocycles. The standard InChI is InChI=1S/3C31H24F2N4O9/c1-18(21-8-4-12-36-26(21)32)43-17-31(41)25(45-29(39)20-7-3-11-35-15-20)24(44-28(38)19-6-2-10-34-14-19)23(46-31)16-42-30(40)22-9-5-13-37-27(22)33;1-18(19-6-2-10-34-14-19)43-17-31(41)25(45-30(40)22-9-5-13-37-27(22)33)24(44-28(38)20-7-3-11-35-15-20)23(46-31)16-42-29(39)21-8-4-12-36-26(21)32;1-18(19-6-2-10-34-14-19)43-17-31(41)25(45-30(40)22-9-5-13-37-27(22)33)24(44-29(39)21-8-4-12-36-26(21)32)23(46-31)16-42-28(38)20-7-3-11-35-15-20/h3*2-15,23-25,41H,1,16-17H2/t3*23-,24-,25+,31-/m111/s1. The van der Waals surface area contributed by atoms with Crippen LogP contribution in [0.25, 0.3) is 17.3 Å². The van der Waals surface area contributed by atoms with Crippen molar-refractivity contribution in [3.8, 4) is 0 Å². The third-order valence-electron chi connectivity index (χ3n) is 19.8. The molecule has 0 spiro atoms. The van der Waals surface area contributed by atoms with Crippen LogP contribution >= 0.6 is 0 Å². The number of halogens is 6. The highest BCUT2D eigenvalue weighted by molar-refractivity contribution is 5.94. The van der Waals surface area contributed by atoms with E-state index in [1.807, 2.05) is 0 Å². The molecule has 0 unspecified atom stereocenters. The molecule has 0 saturated carbocycles. The van der Waals surface area contributed by atoms with Gasteiger partial charge in [-0.15, -0.1) is 0 Å². The molecule has 3 fully saturated rings. The van der Waals surface area contributed by atoms with Gasteiger partial charge in [0.15, 0.2) is 36.6 Å². The van der Waals surface area contributed by atoms with E-state index in [0.717, 1.165) is 61.3 Å². The van der Waals surface area contributed by atoms with Gasteiger partial charge < -0.3 is 86.4 Å². The summed E-state index contributed by atoms with van der Waals surface area (Å²) in [6.45, 7) is 6.64. The molecule has 708 valence electrons. The average molecular weight is 1900 g/mol. The largest absolute Gasteiger partial charge is 0.488 e. The van der Waals surface area contributed by atoms with Crippen LogP contribution in [-0.4, -0.2) is 241 Å². The fraction of sp³-hybridized carbons (Fsp3) is 0.194. The van der Waals surface area contributed by atoms with Crippen molar-refractivity contribution in [2.24, 2.45) is 0 Å². The molecule has 0 aliphatic carbocycles. The first-order valence-corrected chi connectivity index (χ1v) is 40.5. The highest BCUT2D eigenvalue weighted by atomic mass is 19.2. The highest BCUT2D eigenvalue weighted by Gasteiger charge is 2.63. The Labute approximate surface area is 774 Å². The molecular weight excluding hydrogens is 1830 g/mol. The number of carbonyl (C=O) groups is 9. The number of aromatic nitrogens is 12. The highest BCUT2D eigenvalue weighted by Crippen LogP contribution is 2.41. The molecule has 0 aromatic carbocycles. The summed E-state index contributed by atoms with van der Waals surface area (Å²) in [4.78, 5) is 161. The number of esters is 9. The maximum absolute atomic E-state index is 14.4. The molecule has 0 radical (unpaired) electrons. The van der Waals surface area contributed by atoms with Gasteiger partial charge in [0, 0.05) is 123 Å². The summed E-state index contributed by atoms with van der Waals surface area (Å²) in [5.74, 6) is -24.8. The second-order valence-electron chi connectivity index (χ2n) is 29.0. The zero-order valence-electron chi connectivity index (χ0n) is 71.1. The maximum atomic E-state index is 14.4. The first kappa shape index (κ1) is 98.5. The van der Waals surface area contributed by atoms with E-state index < -0.39 is 229 Å². The predicted octanol–water partition coefficient (Wildman–Crippen LogP) is 8.78. The fourth-order valence-corrected chi connectivity index (χ4v) is 13.1. The fourth-order valence-electron chi connectivity index (χ4n) is 13.1. The van der Waals surface area contributed by atoms with Gasteiger partial charge in [-0.25, -0.2) is 73.1 Å².